The van der Waals surface area contributed by atoms with Gasteiger partial charge < -0.3 is 29.2 Å². The number of imidazole rings is 1. The highest BCUT2D eigenvalue weighted by molar-refractivity contribution is 7.87. The highest BCUT2D eigenvalue weighted by Gasteiger charge is 2.24. The molecule has 0 aliphatic heterocycles. The van der Waals surface area contributed by atoms with Crippen LogP contribution in [0.15, 0.2) is 77.4 Å². The van der Waals surface area contributed by atoms with Gasteiger partial charge in [-0.25, -0.2) is 19.4 Å². The second-order valence-corrected chi connectivity index (χ2v) is 10.0. The zero-order chi connectivity index (χ0) is 31.0. The van der Waals surface area contributed by atoms with Crippen LogP contribution in [0.1, 0.15) is 27.3 Å². The fourth-order valence-corrected chi connectivity index (χ4v) is 4.72. The number of carboxylic acid groups (broad SMARTS) is 2. The number of aliphatic hydroxyl groups excluding tert-OH is 1. The smallest absolute Gasteiger partial charge is 0.414 e. The summed E-state index contributed by atoms with van der Waals surface area (Å²) in [5.41, 5.74) is 2.13. The third-order valence-corrected chi connectivity index (χ3v) is 6.85. The molecule has 216 valence electrons. The fourth-order valence-electron chi connectivity index (χ4n) is 3.46. The molecule has 3 aromatic carbocycles. The van der Waals surface area contributed by atoms with Crippen LogP contribution in [0.5, 0.6) is 5.75 Å². The number of hydrogen-bond acceptors (Lipinski definition) is 10. The zero-order valence-corrected chi connectivity index (χ0v) is 22.9. The third-order valence-electron chi connectivity index (χ3n) is 5.47. The van der Waals surface area contributed by atoms with Crippen molar-refractivity contribution in [1.82, 2.24) is 9.97 Å². The molecule has 4 aromatic rings. The Morgan fingerprint density at radius 2 is 1.60 bits per heavy atom. The van der Waals surface area contributed by atoms with Gasteiger partial charge >= 0.3 is 28.0 Å². The molecule has 0 saturated carbocycles. The lowest BCUT2D eigenvalue weighted by molar-refractivity contribution is -0.159. The highest BCUT2D eigenvalue weighted by Crippen LogP contribution is 2.26. The summed E-state index contributed by atoms with van der Waals surface area (Å²) in [5, 5.41) is 34.7. The summed E-state index contributed by atoms with van der Waals surface area (Å²) in [7, 11) is -4.24. The molecule has 4 rings (SSSR count). The van der Waals surface area contributed by atoms with E-state index in [0.717, 1.165) is 5.56 Å². The molecule has 1 heterocycles. The molecule has 0 fully saturated rings. The van der Waals surface area contributed by atoms with E-state index in [2.05, 4.69) is 9.97 Å². The van der Waals surface area contributed by atoms with Crippen LogP contribution in [-0.2, 0) is 24.4 Å². The number of ether oxygens (including phenoxy) is 1. The quantitative estimate of drug-likeness (QED) is 0.0792. The predicted octanol–water partition coefficient (Wildman–Crippen LogP) is 3.75. The average Bonchev–Trinajstić information content (AvgIpc) is 3.37. The lowest BCUT2D eigenvalue weighted by Crippen LogP contribution is -2.15. The number of aromatic amines is 1. The van der Waals surface area contributed by atoms with E-state index < -0.39 is 40.4 Å². The maximum atomic E-state index is 12.9. The number of nitrogens with zero attached hydrogens (tertiary/aromatic N) is 2. The van der Waals surface area contributed by atoms with Gasteiger partial charge in [0.25, 0.3) is 0 Å². The molecular formula is C28H23N3O10S. The number of rotatable bonds is 7. The van der Waals surface area contributed by atoms with Crippen LogP contribution in [0, 0.1) is 25.2 Å². The van der Waals surface area contributed by atoms with Crippen LogP contribution >= 0.6 is 0 Å². The Balaban J connectivity index is 0.000000730. The number of fused-ring (bicyclic) bond motifs is 1. The van der Waals surface area contributed by atoms with E-state index in [0.29, 0.717) is 16.6 Å². The number of nitriles is 1. The van der Waals surface area contributed by atoms with Crippen molar-refractivity contribution in [3.63, 3.8) is 0 Å². The molecule has 0 bridgehead atoms. The third kappa shape index (κ3) is 7.49. The molecule has 1 aromatic heterocycles. The Hall–Kier alpha value is -5.68. The summed E-state index contributed by atoms with van der Waals surface area (Å²) in [6.07, 6.45) is 0. The number of aromatic nitrogens is 2. The first-order valence-electron chi connectivity index (χ1n) is 11.9. The number of carboxylic acids is 2. The van der Waals surface area contributed by atoms with E-state index >= 15 is 0 Å². The number of aliphatic carboxylic acids is 2. The average molecular weight is 594 g/mol. The Morgan fingerprint density at radius 3 is 2.24 bits per heavy atom. The number of hydrogen-bond donors (Lipinski definition) is 4. The van der Waals surface area contributed by atoms with E-state index in [-0.39, 0.29) is 27.6 Å². The minimum absolute atomic E-state index is 0.0178. The van der Waals surface area contributed by atoms with Gasteiger partial charge in [0.05, 0.1) is 11.0 Å². The number of H-pyrrole nitrogens is 1. The first-order valence-corrected chi connectivity index (χ1v) is 13.3. The lowest BCUT2D eigenvalue weighted by Gasteiger charge is -2.13. The summed E-state index contributed by atoms with van der Waals surface area (Å²) < 4.78 is 36.3. The van der Waals surface area contributed by atoms with Gasteiger partial charge in [0, 0.05) is 0 Å². The normalized spacial score (nSPS) is 11.4. The van der Waals surface area contributed by atoms with Gasteiger partial charge in [-0.15, -0.1) is 0 Å². The van der Waals surface area contributed by atoms with Crippen LogP contribution in [0.2, 0.25) is 0 Å². The van der Waals surface area contributed by atoms with Crippen LogP contribution in [0.4, 0.5) is 0 Å². The van der Waals surface area contributed by atoms with Crippen molar-refractivity contribution in [2.75, 3.05) is 6.61 Å². The minimum atomic E-state index is -4.24. The van der Waals surface area contributed by atoms with Gasteiger partial charge in [-0.05, 0) is 55.3 Å². The van der Waals surface area contributed by atoms with E-state index in [1.807, 2.05) is 6.07 Å². The number of benzene rings is 3. The molecule has 0 aliphatic rings. The number of carbonyl (C=O) groups excluding carboxylic acids is 1. The second kappa shape index (κ2) is 13.1. The van der Waals surface area contributed by atoms with Gasteiger partial charge in [0.2, 0.25) is 0 Å². The lowest BCUT2D eigenvalue weighted by atomic mass is 10.2. The Labute approximate surface area is 239 Å². The van der Waals surface area contributed by atoms with Gasteiger partial charge in [-0.3, -0.25) is 0 Å². The van der Waals surface area contributed by atoms with Gasteiger partial charge in [-0.2, -0.15) is 13.7 Å². The van der Waals surface area contributed by atoms with Crippen LogP contribution in [0.3, 0.4) is 0 Å². The van der Waals surface area contributed by atoms with Crippen LogP contribution in [0.25, 0.3) is 16.6 Å². The summed E-state index contributed by atoms with van der Waals surface area (Å²) in [4.78, 5) is 38.1. The Morgan fingerprint density at radius 1 is 0.952 bits per heavy atom. The topological polar surface area (TPSA) is 217 Å². The van der Waals surface area contributed by atoms with E-state index in [9.17, 15) is 23.6 Å². The van der Waals surface area contributed by atoms with E-state index in [4.69, 9.17) is 28.7 Å². The summed E-state index contributed by atoms with van der Waals surface area (Å²) in [6, 6.07) is 19.5. The second-order valence-electron chi connectivity index (χ2n) is 8.53. The molecule has 0 aliphatic carbocycles. The van der Waals surface area contributed by atoms with Crippen molar-refractivity contribution in [1.29, 1.82) is 5.26 Å². The van der Waals surface area contributed by atoms with Crippen LogP contribution < -0.4 is 4.18 Å². The molecule has 0 radical (unpaired) electrons. The van der Waals surface area contributed by atoms with Crippen molar-refractivity contribution in [2.24, 2.45) is 0 Å². The molecule has 42 heavy (non-hydrogen) atoms. The molecule has 4 N–H and O–H groups in total. The highest BCUT2D eigenvalue weighted by atomic mass is 32.2. The molecule has 0 unspecified atom stereocenters. The van der Waals surface area contributed by atoms with E-state index in [1.54, 1.807) is 50.2 Å². The first-order chi connectivity index (χ1) is 19.8. The number of esters is 1. The Bertz CT molecular complexity index is 1810. The largest absolute Gasteiger partial charge is 0.507 e. The van der Waals surface area contributed by atoms with Crippen molar-refractivity contribution in [2.45, 2.75) is 18.7 Å². The zero-order valence-electron chi connectivity index (χ0n) is 22.1. The van der Waals surface area contributed by atoms with Gasteiger partial charge in [0.1, 0.15) is 28.7 Å². The number of nitrogens with one attached hydrogen (secondary N) is 1. The van der Waals surface area contributed by atoms with Crippen molar-refractivity contribution in [3.05, 3.63) is 95.0 Å². The molecule has 0 amide bonds. The number of aryl methyl sites for hydroxylation is 2. The molecule has 0 spiro atoms. The summed E-state index contributed by atoms with van der Waals surface area (Å²) in [5.74, 6) is -5.23. The maximum absolute atomic E-state index is 12.9. The van der Waals surface area contributed by atoms with Crippen molar-refractivity contribution < 1.29 is 47.0 Å². The molecular weight excluding hydrogens is 570 g/mol. The first kappa shape index (κ1) is 30.9. The predicted molar refractivity (Wildman–Crippen MR) is 147 cm³/mol. The standard InChI is InChI=1S/C26H21N3O6S.C2H2O4/c1-16-11-12-17(2)24(13-16)36(32,33)35-23-10-6-3-7-18(23)26(31)34-15-22(30)19(14-27)25-28-20-8-4-5-9-21(20)29-25;3-1(4)2(5)6/h3-13,30H,15H2,1-2H3,(H,28,29);(H,3,4)(H,5,6)/b22-19+;. The summed E-state index contributed by atoms with van der Waals surface area (Å²) in [6.45, 7) is 2.75. The molecule has 14 heteroatoms. The van der Waals surface area contributed by atoms with Crippen molar-refractivity contribution >= 4 is 44.6 Å². The number of para-hydroxylation sites is 3. The molecule has 13 nitrogen and oxygen atoms in total. The van der Waals surface area contributed by atoms with E-state index in [1.165, 1.54) is 30.3 Å². The van der Waals surface area contributed by atoms with Crippen LogP contribution in [-0.4, -0.2) is 58.2 Å². The molecule has 0 atom stereocenters. The monoisotopic (exact) mass is 593 g/mol. The SMILES string of the molecule is Cc1ccc(C)c(S(=O)(=O)Oc2ccccc2C(=O)OC/C(O)=C(/C#N)c2nc3ccccc3[nH]2)c1.O=C(O)C(=O)O. The minimum Gasteiger partial charge on any atom is -0.507 e. The van der Waals surface area contributed by atoms with Crippen molar-refractivity contribution in [3.8, 4) is 11.8 Å². The van der Waals surface area contributed by atoms with Gasteiger partial charge in [-0.1, -0.05) is 36.4 Å². The number of aliphatic hydroxyl groups is 1. The maximum Gasteiger partial charge on any atom is 0.414 e. The fraction of sp³-hybridized carbons (Fsp3) is 0.107. The Kier molecular flexibility index (Phi) is 9.64. The number of carbonyl (C=O) groups is 3. The number of allylic oxidation sites excluding steroid dienone is 1. The van der Waals surface area contributed by atoms with Gasteiger partial charge in [0.15, 0.2) is 17.3 Å². The molecule has 0 saturated heterocycles. The summed E-state index contributed by atoms with van der Waals surface area (Å²) >= 11 is 0.